The molecule has 1 aliphatic rings. The Morgan fingerprint density at radius 2 is 1.71 bits per heavy atom. The van der Waals surface area contributed by atoms with E-state index in [1.54, 1.807) is 12.1 Å². The Kier molecular flexibility index (Phi) is 5.31. The lowest BCUT2D eigenvalue weighted by molar-refractivity contribution is -0.114. The van der Waals surface area contributed by atoms with Gasteiger partial charge in [-0.1, -0.05) is 12.1 Å². The van der Waals surface area contributed by atoms with E-state index in [0.29, 0.717) is 5.69 Å². The van der Waals surface area contributed by atoms with Crippen LogP contribution in [0.1, 0.15) is 19.3 Å². The zero-order valence-corrected chi connectivity index (χ0v) is 13.6. The molecule has 0 atom stereocenters. The van der Waals surface area contributed by atoms with Crippen molar-refractivity contribution in [3.63, 3.8) is 0 Å². The van der Waals surface area contributed by atoms with Gasteiger partial charge in [0.2, 0.25) is 5.91 Å². The van der Waals surface area contributed by atoms with Crippen molar-refractivity contribution in [2.75, 3.05) is 35.2 Å². The highest BCUT2D eigenvalue weighted by Crippen LogP contribution is 2.28. The highest BCUT2D eigenvalue weighted by molar-refractivity contribution is 5.94. The lowest BCUT2D eigenvalue weighted by atomic mass is 10.1. The fourth-order valence-corrected chi connectivity index (χ4v) is 2.95. The number of benzene rings is 2. The minimum atomic E-state index is -0.318. The number of hydrogen-bond donors (Lipinski definition) is 2. The molecule has 1 fully saturated rings. The van der Waals surface area contributed by atoms with Gasteiger partial charge in [-0.05, 0) is 55.7 Å². The summed E-state index contributed by atoms with van der Waals surface area (Å²) in [5.74, 6) is -0.475. The van der Waals surface area contributed by atoms with Crippen LogP contribution < -0.4 is 15.5 Å². The van der Waals surface area contributed by atoms with Crippen LogP contribution in [-0.2, 0) is 4.79 Å². The largest absolute Gasteiger partial charge is 0.374 e. The number of anilines is 3. The van der Waals surface area contributed by atoms with Gasteiger partial charge in [0.1, 0.15) is 5.82 Å². The molecule has 2 aromatic carbocycles. The molecule has 1 amide bonds. The van der Waals surface area contributed by atoms with Crippen molar-refractivity contribution in [2.24, 2.45) is 0 Å². The summed E-state index contributed by atoms with van der Waals surface area (Å²) in [6.07, 6.45) is 3.70. The molecule has 5 heteroatoms. The highest BCUT2D eigenvalue weighted by Gasteiger charge is 2.14. The Morgan fingerprint density at radius 1 is 1.00 bits per heavy atom. The number of para-hydroxylation sites is 2. The molecule has 2 aromatic rings. The predicted molar refractivity (Wildman–Crippen MR) is 96.0 cm³/mol. The number of halogens is 1. The van der Waals surface area contributed by atoms with Crippen LogP contribution in [0.25, 0.3) is 0 Å². The van der Waals surface area contributed by atoms with Gasteiger partial charge in [0.05, 0.1) is 17.9 Å². The van der Waals surface area contributed by atoms with Gasteiger partial charge in [-0.2, -0.15) is 0 Å². The minimum absolute atomic E-state index is 0.157. The number of carbonyl (C=O) groups excluding carboxylic acids is 1. The van der Waals surface area contributed by atoms with Gasteiger partial charge in [0.15, 0.2) is 0 Å². The smallest absolute Gasteiger partial charge is 0.243 e. The molecule has 0 aliphatic carbocycles. The van der Waals surface area contributed by atoms with Crippen LogP contribution in [0.3, 0.4) is 0 Å². The van der Waals surface area contributed by atoms with E-state index < -0.39 is 0 Å². The van der Waals surface area contributed by atoms with E-state index in [1.807, 2.05) is 18.2 Å². The second-order valence-electron chi connectivity index (χ2n) is 5.97. The van der Waals surface area contributed by atoms with Gasteiger partial charge in [-0.15, -0.1) is 0 Å². The summed E-state index contributed by atoms with van der Waals surface area (Å²) in [6.45, 7) is 2.28. The molecule has 3 rings (SSSR count). The Morgan fingerprint density at radius 3 is 2.46 bits per heavy atom. The second-order valence-corrected chi connectivity index (χ2v) is 5.97. The number of rotatable bonds is 5. The van der Waals surface area contributed by atoms with Crippen molar-refractivity contribution in [3.8, 4) is 0 Å². The third kappa shape index (κ3) is 4.25. The summed E-state index contributed by atoms with van der Waals surface area (Å²) < 4.78 is 12.9. The van der Waals surface area contributed by atoms with E-state index in [2.05, 4.69) is 21.6 Å². The standard InChI is InChI=1S/C19H22FN3O/c20-15-8-10-16(11-9-15)22-19(24)14-21-17-6-2-3-7-18(17)23-12-4-1-5-13-23/h2-3,6-11,21H,1,4-5,12-14H2,(H,22,24). The van der Waals surface area contributed by atoms with Crippen LogP contribution >= 0.6 is 0 Å². The van der Waals surface area contributed by atoms with E-state index >= 15 is 0 Å². The SMILES string of the molecule is O=C(CNc1ccccc1N1CCCCC1)Nc1ccc(F)cc1. The summed E-state index contributed by atoms with van der Waals surface area (Å²) in [5.41, 5.74) is 2.70. The molecule has 1 heterocycles. The molecular weight excluding hydrogens is 305 g/mol. The van der Waals surface area contributed by atoms with Crippen molar-refractivity contribution < 1.29 is 9.18 Å². The van der Waals surface area contributed by atoms with E-state index in [1.165, 1.54) is 31.4 Å². The summed E-state index contributed by atoms with van der Waals surface area (Å²) in [5, 5.41) is 5.97. The Labute approximate surface area is 141 Å². The average molecular weight is 327 g/mol. The van der Waals surface area contributed by atoms with Crippen LogP contribution in [0, 0.1) is 5.82 Å². The third-order valence-electron chi connectivity index (χ3n) is 4.17. The normalized spacial score (nSPS) is 14.3. The number of piperidine rings is 1. The summed E-state index contributed by atoms with van der Waals surface area (Å²) >= 11 is 0. The molecule has 0 spiro atoms. The quantitative estimate of drug-likeness (QED) is 0.876. The maximum Gasteiger partial charge on any atom is 0.243 e. The fourth-order valence-electron chi connectivity index (χ4n) is 2.95. The number of amides is 1. The van der Waals surface area contributed by atoms with Gasteiger partial charge in [0, 0.05) is 18.8 Å². The van der Waals surface area contributed by atoms with E-state index in [-0.39, 0.29) is 18.3 Å². The average Bonchev–Trinajstić information content (AvgIpc) is 2.63. The third-order valence-corrected chi connectivity index (χ3v) is 4.17. The van der Waals surface area contributed by atoms with E-state index in [9.17, 15) is 9.18 Å². The van der Waals surface area contributed by atoms with E-state index in [0.717, 1.165) is 24.5 Å². The number of nitrogens with zero attached hydrogens (tertiary/aromatic N) is 1. The number of carbonyl (C=O) groups is 1. The first-order chi connectivity index (χ1) is 11.7. The molecule has 1 aliphatic heterocycles. The van der Waals surface area contributed by atoms with Gasteiger partial charge in [0.25, 0.3) is 0 Å². The molecule has 1 saturated heterocycles. The first kappa shape index (κ1) is 16.3. The first-order valence-electron chi connectivity index (χ1n) is 8.35. The molecule has 0 bridgehead atoms. The zero-order valence-electron chi connectivity index (χ0n) is 13.6. The van der Waals surface area contributed by atoms with Gasteiger partial charge < -0.3 is 15.5 Å². The van der Waals surface area contributed by atoms with Crippen LogP contribution in [0.5, 0.6) is 0 Å². The van der Waals surface area contributed by atoms with Crippen molar-refractivity contribution in [1.82, 2.24) is 0 Å². The van der Waals surface area contributed by atoms with Crippen molar-refractivity contribution in [2.45, 2.75) is 19.3 Å². The monoisotopic (exact) mass is 327 g/mol. The van der Waals surface area contributed by atoms with Gasteiger partial charge in [-0.25, -0.2) is 4.39 Å². The second kappa shape index (κ2) is 7.81. The molecule has 126 valence electrons. The maximum absolute atomic E-state index is 12.9. The zero-order chi connectivity index (χ0) is 16.8. The van der Waals surface area contributed by atoms with Crippen molar-refractivity contribution >= 4 is 23.0 Å². The minimum Gasteiger partial charge on any atom is -0.374 e. The van der Waals surface area contributed by atoms with Gasteiger partial charge >= 0.3 is 0 Å². The van der Waals surface area contributed by atoms with Crippen molar-refractivity contribution in [1.29, 1.82) is 0 Å². The Balaban J connectivity index is 1.59. The highest BCUT2D eigenvalue weighted by atomic mass is 19.1. The fraction of sp³-hybridized carbons (Fsp3) is 0.316. The molecule has 0 radical (unpaired) electrons. The molecule has 4 nitrogen and oxygen atoms in total. The first-order valence-corrected chi connectivity index (χ1v) is 8.35. The predicted octanol–water partition coefficient (Wildman–Crippen LogP) is 3.87. The molecule has 0 unspecified atom stereocenters. The summed E-state index contributed by atoms with van der Waals surface area (Å²) in [7, 11) is 0. The molecule has 24 heavy (non-hydrogen) atoms. The summed E-state index contributed by atoms with van der Waals surface area (Å²) in [4.78, 5) is 14.4. The Bertz CT molecular complexity index is 681. The van der Waals surface area contributed by atoms with Crippen LogP contribution in [0.4, 0.5) is 21.5 Å². The topological polar surface area (TPSA) is 44.4 Å². The maximum atomic E-state index is 12.9. The lowest BCUT2D eigenvalue weighted by Gasteiger charge is -2.30. The molecule has 0 aromatic heterocycles. The Hall–Kier alpha value is -2.56. The molecule has 2 N–H and O–H groups in total. The molecule has 0 saturated carbocycles. The lowest BCUT2D eigenvalue weighted by Crippen LogP contribution is -2.30. The summed E-state index contributed by atoms with van der Waals surface area (Å²) in [6, 6.07) is 13.8. The van der Waals surface area contributed by atoms with Crippen LogP contribution in [0.2, 0.25) is 0 Å². The number of nitrogens with one attached hydrogen (secondary N) is 2. The van der Waals surface area contributed by atoms with Gasteiger partial charge in [-0.3, -0.25) is 4.79 Å². The number of hydrogen-bond acceptors (Lipinski definition) is 3. The van der Waals surface area contributed by atoms with Crippen LogP contribution in [-0.4, -0.2) is 25.5 Å². The van der Waals surface area contributed by atoms with Crippen LogP contribution in [0.15, 0.2) is 48.5 Å². The van der Waals surface area contributed by atoms with Crippen molar-refractivity contribution in [3.05, 3.63) is 54.3 Å². The molecular formula is C19H22FN3O. The van der Waals surface area contributed by atoms with E-state index in [4.69, 9.17) is 0 Å².